The van der Waals surface area contributed by atoms with E-state index in [9.17, 15) is 4.79 Å². The van der Waals surface area contributed by atoms with Gasteiger partial charge in [-0.2, -0.15) is 0 Å². The van der Waals surface area contributed by atoms with E-state index in [0.717, 1.165) is 44.5 Å². The number of methoxy groups -OCH3 is 3. The van der Waals surface area contributed by atoms with E-state index in [1.165, 1.54) is 0 Å². The molecule has 0 N–H and O–H groups in total. The molecule has 0 saturated carbocycles. The molecule has 1 heterocycles. The summed E-state index contributed by atoms with van der Waals surface area (Å²) >= 11 is 0. The van der Waals surface area contributed by atoms with Crippen molar-refractivity contribution in [2.75, 3.05) is 21.3 Å². The van der Waals surface area contributed by atoms with Crippen molar-refractivity contribution in [2.45, 2.75) is 6.92 Å². The molecule has 0 saturated heterocycles. The predicted molar refractivity (Wildman–Crippen MR) is 177 cm³/mol. The van der Waals surface area contributed by atoms with Crippen LogP contribution in [0.3, 0.4) is 0 Å². The van der Waals surface area contributed by atoms with Gasteiger partial charge in [0, 0.05) is 16.7 Å². The molecule has 6 rings (SSSR count). The minimum atomic E-state index is -0.150. The molecule has 216 valence electrons. The lowest BCUT2D eigenvalue weighted by Crippen LogP contribution is -2.23. The second-order valence-electron chi connectivity index (χ2n) is 10.2. The summed E-state index contributed by atoms with van der Waals surface area (Å²) in [5.74, 6) is 9.26. The van der Waals surface area contributed by atoms with E-state index in [-0.39, 0.29) is 5.56 Å². The molecular formula is C38H30N2O4. The molecule has 5 aromatic carbocycles. The van der Waals surface area contributed by atoms with Crippen LogP contribution >= 0.6 is 0 Å². The first-order valence-corrected chi connectivity index (χ1v) is 14.1. The van der Waals surface area contributed by atoms with Gasteiger partial charge in [-0.25, -0.2) is 4.98 Å². The van der Waals surface area contributed by atoms with Gasteiger partial charge in [0.1, 0.15) is 23.1 Å². The largest absolute Gasteiger partial charge is 0.497 e. The Bertz CT molecular complexity index is 2180. The first kappa shape index (κ1) is 28.3. The molecule has 0 aliphatic rings. The van der Waals surface area contributed by atoms with E-state index < -0.39 is 0 Å². The van der Waals surface area contributed by atoms with Crippen LogP contribution in [0.15, 0.2) is 102 Å². The van der Waals surface area contributed by atoms with Gasteiger partial charge >= 0.3 is 0 Å². The highest BCUT2D eigenvalue weighted by molar-refractivity contribution is 5.85. The number of rotatable bonds is 6. The van der Waals surface area contributed by atoms with Gasteiger partial charge in [-0.05, 0) is 108 Å². The summed E-state index contributed by atoms with van der Waals surface area (Å²) in [6, 6.07) is 30.9. The van der Waals surface area contributed by atoms with Gasteiger partial charge in [-0.15, -0.1) is 0 Å². The number of nitrogens with zero attached hydrogens (tertiary/aromatic N) is 2. The van der Waals surface area contributed by atoms with Crippen LogP contribution in [-0.4, -0.2) is 30.9 Å². The average Bonchev–Trinajstić information content (AvgIpc) is 3.06. The maximum atomic E-state index is 13.9. The molecular weight excluding hydrogens is 548 g/mol. The van der Waals surface area contributed by atoms with Crippen LogP contribution in [0.1, 0.15) is 28.1 Å². The van der Waals surface area contributed by atoms with Crippen molar-refractivity contribution in [3.63, 3.8) is 0 Å². The van der Waals surface area contributed by atoms with Crippen LogP contribution in [-0.2, 0) is 0 Å². The topological polar surface area (TPSA) is 62.6 Å². The summed E-state index contributed by atoms with van der Waals surface area (Å²) < 4.78 is 17.9. The van der Waals surface area contributed by atoms with Crippen molar-refractivity contribution in [2.24, 2.45) is 0 Å². The minimum Gasteiger partial charge on any atom is -0.497 e. The molecule has 0 bridgehead atoms. The number of hydrogen-bond donors (Lipinski definition) is 0. The van der Waals surface area contributed by atoms with Crippen molar-refractivity contribution in [3.05, 3.63) is 135 Å². The Morgan fingerprint density at radius 2 is 1.39 bits per heavy atom. The fourth-order valence-corrected chi connectivity index (χ4v) is 5.19. The summed E-state index contributed by atoms with van der Waals surface area (Å²) in [5, 5.41) is 2.74. The van der Waals surface area contributed by atoms with Crippen molar-refractivity contribution in [1.29, 1.82) is 0 Å². The Morgan fingerprint density at radius 3 is 2.16 bits per heavy atom. The molecule has 0 spiro atoms. The first-order chi connectivity index (χ1) is 21.5. The van der Waals surface area contributed by atoms with Crippen LogP contribution in [0.4, 0.5) is 0 Å². The van der Waals surface area contributed by atoms with Crippen LogP contribution in [0.25, 0.3) is 39.5 Å². The van der Waals surface area contributed by atoms with Crippen LogP contribution < -0.4 is 19.8 Å². The highest BCUT2D eigenvalue weighted by Gasteiger charge is 2.14. The average molecular weight is 579 g/mol. The van der Waals surface area contributed by atoms with Gasteiger partial charge in [-0.1, -0.05) is 36.1 Å². The quantitative estimate of drug-likeness (QED) is 0.192. The van der Waals surface area contributed by atoms with Crippen molar-refractivity contribution >= 4 is 33.8 Å². The number of fused-ring (bicyclic) bond motifs is 2. The summed E-state index contributed by atoms with van der Waals surface area (Å²) in [7, 11) is 4.90. The van der Waals surface area contributed by atoms with E-state index in [1.54, 1.807) is 32.0 Å². The lowest BCUT2D eigenvalue weighted by atomic mass is 10.1. The summed E-state index contributed by atoms with van der Waals surface area (Å²) in [6.07, 6.45) is 3.71. The third-order valence-corrected chi connectivity index (χ3v) is 7.49. The molecule has 0 amide bonds. The standard InChI is InChI=1S/C38H30N2O4/c1-25-21-26(9-10-27-11-13-29-23-31(42-2)16-14-28(29)22-27)12-18-35(25)40-37(39-34-8-6-5-7-33(34)38(40)41)20-15-30-24-32(43-3)17-19-36(30)44-4/h5-8,11-24H,1-4H3/b20-15+. The lowest BCUT2D eigenvalue weighted by molar-refractivity contribution is 0.402. The fraction of sp³-hybridized carbons (Fsp3) is 0.105. The molecule has 6 aromatic rings. The second-order valence-corrected chi connectivity index (χ2v) is 10.2. The Morgan fingerprint density at radius 1 is 0.705 bits per heavy atom. The number of hydrogen-bond acceptors (Lipinski definition) is 5. The Balaban J connectivity index is 1.40. The second kappa shape index (κ2) is 12.2. The zero-order valence-electron chi connectivity index (χ0n) is 24.9. The van der Waals surface area contributed by atoms with E-state index in [2.05, 4.69) is 17.9 Å². The maximum absolute atomic E-state index is 13.9. The highest BCUT2D eigenvalue weighted by atomic mass is 16.5. The van der Waals surface area contributed by atoms with Gasteiger partial charge in [0.05, 0.1) is 37.9 Å². The predicted octanol–water partition coefficient (Wildman–Crippen LogP) is 7.44. The SMILES string of the molecule is COc1ccc(OC)c(/C=C/c2nc3ccccc3c(=O)n2-c2ccc(C#Cc3ccc4cc(OC)ccc4c3)cc2C)c1. The van der Waals surface area contributed by atoms with Crippen molar-refractivity contribution < 1.29 is 14.2 Å². The number of aromatic nitrogens is 2. The molecule has 44 heavy (non-hydrogen) atoms. The number of para-hydroxylation sites is 1. The summed E-state index contributed by atoms with van der Waals surface area (Å²) in [5.41, 5.74) is 4.67. The van der Waals surface area contributed by atoms with E-state index in [0.29, 0.717) is 28.2 Å². The molecule has 0 fully saturated rings. The number of aryl methyl sites for hydroxylation is 1. The third-order valence-electron chi connectivity index (χ3n) is 7.49. The molecule has 6 nitrogen and oxygen atoms in total. The number of benzene rings is 5. The third kappa shape index (κ3) is 5.64. The van der Waals surface area contributed by atoms with Crippen LogP contribution in [0.2, 0.25) is 0 Å². The molecule has 6 heteroatoms. The van der Waals surface area contributed by atoms with Crippen LogP contribution in [0, 0.1) is 18.8 Å². The molecule has 0 unspecified atom stereocenters. The maximum Gasteiger partial charge on any atom is 0.266 e. The Hall–Kier alpha value is -5.80. The molecule has 0 aliphatic heterocycles. The van der Waals surface area contributed by atoms with Crippen molar-refractivity contribution in [3.8, 4) is 34.8 Å². The Kier molecular flexibility index (Phi) is 7.86. The van der Waals surface area contributed by atoms with Crippen LogP contribution in [0.5, 0.6) is 17.2 Å². The fourth-order valence-electron chi connectivity index (χ4n) is 5.19. The normalized spacial score (nSPS) is 11.0. The van der Waals surface area contributed by atoms with Gasteiger partial charge in [0.15, 0.2) is 0 Å². The molecule has 0 radical (unpaired) electrons. The molecule has 0 atom stereocenters. The molecule has 1 aromatic heterocycles. The Labute approximate surface area is 255 Å². The molecule has 0 aliphatic carbocycles. The monoisotopic (exact) mass is 578 g/mol. The lowest BCUT2D eigenvalue weighted by Gasteiger charge is -2.14. The van der Waals surface area contributed by atoms with E-state index in [1.807, 2.05) is 104 Å². The first-order valence-electron chi connectivity index (χ1n) is 14.1. The summed E-state index contributed by atoms with van der Waals surface area (Å²) in [4.78, 5) is 18.8. The van der Waals surface area contributed by atoms with Gasteiger partial charge < -0.3 is 14.2 Å². The van der Waals surface area contributed by atoms with Gasteiger partial charge in [-0.3, -0.25) is 9.36 Å². The van der Waals surface area contributed by atoms with Gasteiger partial charge in [0.2, 0.25) is 0 Å². The van der Waals surface area contributed by atoms with Gasteiger partial charge in [0.25, 0.3) is 5.56 Å². The zero-order chi connectivity index (χ0) is 30.6. The number of ether oxygens (including phenoxy) is 3. The van der Waals surface area contributed by atoms with Crippen molar-refractivity contribution in [1.82, 2.24) is 9.55 Å². The minimum absolute atomic E-state index is 0.150. The summed E-state index contributed by atoms with van der Waals surface area (Å²) in [6.45, 7) is 1.98. The smallest absolute Gasteiger partial charge is 0.266 e. The highest BCUT2D eigenvalue weighted by Crippen LogP contribution is 2.27. The van der Waals surface area contributed by atoms with E-state index in [4.69, 9.17) is 19.2 Å². The zero-order valence-corrected chi connectivity index (χ0v) is 24.9. The van der Waals surface area contributed by atoms with E-state index >= 15 is 0 Å².